The predicted octanol–water partition coefficient (Wildman–Crippen LogP) is 3.78. The number of amides is 2. The summed E-state index contributed by atoms with van der Waals surface area (Å²) < 4.78 is 0. The molecule has 1 saturated heterocycles. The highest BCUT2D eigenvalue weighted by Crippen LogP contribution is 2.29. The molecule has 1 aromatic heterocycles. The molecule has 1 aliphatic rings. The number of nitrogens with one attached hydrogen (secondary N) is 1. The Bertz CT molecular complexity index is 1110. The Labute approximate surface area is 204 Å². The first kappa shape index (κ1) is 23.7. The molecule has 0 bridgehead atoms. The number of rotatable bonds is 8. The van der Waals surface area contributed by atoms with Crippen LogP contribution in [0.5, 0.6) is 0 Å². The van der Waals surface area contributed by atoms with E-state index >= 15 is 0 Å². The SMILES string of the molecule is CC(=O)N(c1ccccc1)c1nc(/C=C/C(=O)NCCN2CCN(c3ccccc3)CC2)cs1. The van der Waals surface area contributed by atoms with Gasteiger partial charge in [-0.2, -0.15) is 0 Å². The summed E-state index contributed by atoms with van der Waals surface area (Å²) >= 11 is 1.37. The molecule has 2 amide bonds. The third-order valence-corrected chi connectivity index (χ3v) is 6.50. The summed E-state index contributed by atoms with van der Waals surface area (Å²) in [6.07, 6.45) is 3.17. The molecule has 2 heterocycles. The number of carbonyl (C=O) groups excluding carboxylic acids is 2. The second-order valence-corrected chi connectivity index (χ2v) is 8.87. The average molecular weight is 476 g/mol. The van der Waals surface area contributed by atoms with E-state index < -0.39 is 0 Å². The fraction of sp³-hybridized carbons (Fsp3) is 0.269. The number of benzene rings is 2. The van der Waals surface area contributed by atoms with E-state index in [9.17, 15) is 9.59 Å². The fourth-order valence-electron chi connectivity index (χ4n) is 3.89. The lowest BCUT2D eigenvalue weighted by Crippen LogP contribution is -2.48. The van der Waals surface area contributed by atoms with Crippen molar-refractivity contribution in [1.82, 2.24) is 15.2 Å². The van der Waals surface area contributed by atoms with Crippen LogP contribution in [0.3, 0.4) is 0 Å². The number of piperazine rings is 1. The second kappa shape index (κ2) is 11.6. The van der Waals surface area contributed by atoms with Crippen LogP contribution in [0.1, 0.15) is 12.6 Å². The van der Waals surface area contributed by atoms with E-state index in [0.717, 1.165) is 38.4 Å². The molecule has 3 aromatic rings. The summed E-state index contributed by atoms with van der Waals surface area (Å²) in [5, 5.41) is 5.36. The number of hydrogen-bond donors (Lipinski definition) is 1. The Morgan fingerprint density at radius 3 is 2.38 bits per heavy atom. The zero-order valence-electron chi connectivity index (χ0n) is 19.3. The second-order valence-electron chi connectivity index (χ2n) is 8.03. The third kappa shape index (κ3) is 6.30. The Hall–Kier alpha value is -3.49. The van der Waals surface area contributed by atoms with E-state index in [4.69, 9.17) is 0 Å². The molecule has 0 aliphatic carbocycles. The molecule has 34 heavy (non-hydrogen) atoms. The van der Waals surface area contributed by atoms with E-state index in [1.54, 1.807) is 11.0 Å². The highest BCUT2D eigenvalue weighted by molar-refractivity contribution is 7.14. The molecule has 7 nitrogen and oxygen atoms in total. The lowest BCUT2D eigenvalue weighted by molar-refractivity contribution is -0.117. The number of nitrogens with zero attached hydrogens (tertiary/aromatic N) is 4. The summed E-state index contributed by atoms with van der Waals surface area (Å²) in [5.74, 6) is -0.262. The molecule has 0 atom stereocenters. The first-order valence-electron chi connectivity index (χ1n) is 11.4. The molecule has 0 saturated carbocycles. The van der Waals surface area contributed by atoms with Crippen LogP contribution in [0.25, 0.3) is 6.08 Å². The average Bonchev–Trinajstić information content (AvgIpc) is 3.32. The number of thiazole rings is 1. The van der Waals surface area contributed by atoms with Gasteiger partial charge in [0.25, 0.3) is 0 Å². The summed E-state index contributed by atoms with van der Waals surface area (Å²) in [6, 6.07) is 19.9. The molecular weight excluding hydrogens is 446 g/mol. The largest absolute Gasteiger partial charge is 0.369 e. The molecule has 0 spiro atoms. The van der Waals surface area contributed by atoms with Crippen LogP contribution in [0, 0.1) is 0 Å². The van der Waals surface area contributed by atoms with Crippen LogP contribution in [0.2, 0.25) is 0 Å². The van der Waals surface area contributed by atoms with E-state index in [0.29, 0.717) is 17.4 Å². The Kier molecular flexibility index (Phi) is 8.06. The molecule has 1 N–H and O–H groups in total. The van der Waals surface area contributed by atoms with Crippen molar-refractivity contribution in [1.29, 1.82) is 0 Å². The number of hydrogen-bond acceptors (Lipinski definition) is 6. The molecule has 176 valence electrons. The van der Waals surface area contributed by atoms with Crippen molar-refractivity contribution in [2.45, 2.75) is 6.92 Å². The van der Waals surface area contributed by atoms with Gasteiger partial charge in [0.1, 0.15) is 0 Å². The quantitative estimate of drug-likeness (QED) is 0.502. The highest BCUT2D eigenvalue weighted by atomic mass is 32.1. The van der Waals surface area contributed by atoms with Crippen molar-refractivity contribution in [3.05, 3.63) is 77.8 Å². The lowest BCUT2D eigenvalue weighted by Gasteiger charge is -2.36. The van der Waals surface area contributed by atoms with Gasteiger partial charge in [0.2, 0.25) is 11.8 Å². The van der Waals surface area contributed by atoms with Gasteiger partial charge in [-0.15, -0.1) is 11.3 Å². The van der Waals surface area contributed by atoms with Gasteiger partial charge in [-0.1, -0.05) is 36.4 Å². The van der Waals surface area contributed by atoms with Crippen molar-refractivity contribution in [2.24, 2.45) is 0 Å². The number of anilines is 3. The third-order valence-electron chi connectivity index (χ3n) is 5.66. The van der Waals surface area contributed by atoms with Gasteiger partial charge in [-0.3, -0.25) is 19.4 Å². The number of aromatic nitrogens is 1. The summed E-state index contributed by atoms with van der Waals surface area (Å²) in [5.41, 5.74) is 2.68. The normalized spacial score (nSPS) is 14.3. The van der Waals surface area contributed by atoms with Crippen molar-refractivity contribution in [2.75, 3.05) is 49.1 Å². The van der Waals surface area contributed by atoms with Crippen LogP contribution in [0.15, 0.2) is 72.1 Å². The van der Waals surface area contributed by atoms with Crippen molar-refractivity contribution < 1.29 is 9.59 Å². The Morgan fingerprint density at radius 2 is 1.71 bits per heavy atom. The summed E-state index contributed by atoms with van der Waals surface area (Å²) in [7, 11) is 0. The minimum absolute atomic E-state index is 0.113. The Balaban J connectivity index is 1.22. The topological polar surface area (TPSA) is 68.8 Å². The minimum Gasteiger partial charge on any atom is -0.369 e. The first-order valence-corrected chi connectivity index (χ1v) is 12.3. The lowest BCUT2D eigenvalue weighted by atomic mass is 10.2. The molecule has 1 fully saturated rings. The van der Waals surface area contributed by atoms with Crippen LogP contribution in [-0.2, 0) is 9.59 Å². The zero-order valence-corrected chi connectivity index (χ0v) is 20.1. The number of carbonyl (C=O) groups is 2. The van der Waals surface area contributed by atoms with Crippen LogP contribution in [-0.4, -0.2) is 61.0 Å². The molecule has 0 radical (unpaired) electrons. The molecule has 2 aromatic carbocycles. The molecule has 8 heteroatoms. The van der Waals surface area contributed by atoms with Crippen molar-refractivity contribution >= 4 is 45.7 Å². The van der Waals surface area contributed by atoms with Crippen molar-refractivity contribution in [3.63, 3.8) is 0 Å². The van der Waals surface area contributed by atoms with Crippen LogP contribution >= 0.6 is 11.3 Å². The smallest absolute Gasteiger partial charge is 0.244 e. The van der Waals surface area contributed by atoms with Crippen molar-refractivity contribution in [3.8, 4) is 0 Å². The van der Waals surface area contributed by atoms with Gasteiger partial charge < -0.3 is 10.2 Å². The van der Waals surface area contributed by atoms with E-state index in [-0.39, 0.29) is 11.8 Å². The fourth-order valence-corrected chi connectivity index (χ4v) is 4.74. The molecular formula is C26H29N5O2S. The maximum absolute atomic E-state index is 12.3. The number of para-hydroxylation sites is 2. The van der Waals surface area contributed by atoms with Crippen LogP contribution < -0.4 is 15.1 Å². The monoisotopic (exact) mass is 475 g/mol. The molecule has 0 unspecified atom stereocenters. The van der Waals surface area contributed by atoms with Gasteiger partial charge in [-0.25, -0.2) is 4.98 Å². The predicted molar refractivity (Wildman–Crippen MR) is 139 cm³/mol. The van der Waals surface area contributed by atoms with E-state index in [2.05, 4.69) is 44.4 Å². The zero-order chi connectivity index (χ0) is 23.8. The molecule has 1 aliphatic heterocycles. The van der Waals surface area contributed by atoms with Crippen LogP contribution in [0.4, 0.5) is 16.5 Å². The van der Waals surface area contributed by atoms with Gasteiger partial charge in [0.15, 0.2) is 5.13 Å². The summed E-state index contributed by atoms with van der Waals surface area (Å²) in [4.78, 5) is 35.3. The summed E-state index contributed by atoms with van der Waals surface area (Å²) in [6.45, 7) is 6.89. The van der Waals surface area contributed by atoms with Gasteiger partial charge >= 0.3 is 0 Å². The van der Waals surface area contributed by atoms with Gasteiger partial charge in [-0.05, 0) is 30.3 Å². The van der Waals surface area contributed by atoms with Gasteiger partial charge in [0, 0.05) is 63.3 Å². The van der Waals surface area contributed by atoms with E-state index in [1.165, 1.54) is 30.0 Å². The van der Waals surface area contributed by atoms with Gasteiger partial charge in [0.05, 0.1) is 11.4 Å². The maximum Gasteiger partial charge on any atom is 0.244 e. The standard InChI is InChI=1S/C26H29N5O2S/c1-21(32)31(24-10-6-3-7-11-24)26-28-22(20-34-26)12-13-25(33)27-14-15-29-16-18-30(19-17-29)23-8-4-2-5-9-23/h2-13,20H,14-19H2,1H3,(H,27,33)/b13-12+. The Morgan fingerprint density at radius 1 is 1.03 bits per heavy atom. The molecule has 4 rings (SSSR count). The highest BCUT2D eigenvalue weighted by Gasteiger charge is 2.18. The first-order chi connectivity index (χ1) is 16.6. The minimum atomic E-state index is -0.149. The van der Waals surface area contributed by atoms with E-state index in [1.807, 2.05) is 41.8 Å². The maximum atomic E-state index is 12.3.